The van der Waals surface area contributed by atoms with Crippen molar-refractivity contribution in [2.45, 2.75) is 73.4 Å². The molecule has 0 radical (unpaired) electrons. The molecule has 1 amide bonds. The van der Waals surface area contributed by atoms with E-state index in [1.165, 1.54) is 0 Å². The first-order valence-corrected chi connectivity index (χ1v) is 9.08. The van der Waals surface area contributed by atoms with Gasteiger partial charge in [-0.25, -0.2) is 0 Å². The monoisotopic (exact) mass is 337 g/mol. The van der Waals surface area contributed by atoms with E-state index in [1.807, 2.05) is 0 Å². The van der Waals surface area contributed by atoms with E-state index in [-0.39, 0.29) is 28.9 Å². The third kappa shape index (κ3) is 2.65. The van der Waals surface area contributed by atoms with E-state index in [2.05, 4.69) is 11.4 Å². The predicted octanol–water partition coefficient (Wildman–Crippen LogP) is 1.54. The molecule has 4 saturated carbocycles. The highest BCUT2D eigenvalue weighted by molar-refractivity contribution is 6.24. The van der Waals surface area contributed by atoms with Gasteiger partial charge < -0.3 is 15.3 Å². The molecule has 126 valence electrons. The standard InChI is InChI=1S/C17H24ClN3O2/c18-15-4-12-5-16(9-15,11-17(23,6-12)10-15)20-8-14(22)21-3-1-2-13(21)7-19/h12-13,20,23H,1-6,8-11H2/t12?,13-,15?,16?,17?/m0/s1. The molecule has 0 aromatic rings. The van der Waals surface area contributed by atoms with E-state index in [0.717, 1.165) is 38.5 Å². The Balaban J connectivity index is 1.45. The van der Waals surface area contributed by atoms with Gasteiger partial charge in [-0.2, -0.15) is 5.26 Å². The van der Waals surface area contributed by atoms with Gasteiger partial charge in [-0.1, -0.05) is 0 Å². The lowest BCUT2D eigenvalue weighted by atomic mass is 9.50. The molecule has 5 atom stereocenters. The number of carbonyl (C=O) groups excluding carboxylic acids is 1. The normalized spacial score (nSPS) is 47.8. The molecule has 4 unspecified atom stereocenters. The number of carbonyl (C=O) groups is 1. The van der Waals surface area contributed by atoms with Crippen molar-refractivity contribution < 1.29 is 9.90 Å². The summed E-state index contributed by atoms with van der Waals surface area (Å²) in [7, 11) is 0. The van der Waals surface area contributed by atoms with Crippen molar-refractivity contribution in [3.05, 3.63) is 0 Å². The Labute approximate surface area is 142 Å². The lowest BCUT2D eigenvalue weighted by Crippen LogP contribution is -2.69. The van der Waals surface area contributed by atoms with E-state index in [4.69, 9.17) is 16.9 Å². The Morgan fingerprint density at radius 1 is 1.35 bits per heavy atom. The minimum absolute atomic E-state index is 0.000377. The molecule has 1 heterocycles. The van der Waals surface area contributed by atoms with Crippen LogP contribution in [-0.2, 0) is 4.79 Å². The van der Waals surface area contributed by atoms with E-state index in [9.17, 15) is 9.90 Å². The SMILES string of the molecule is N#C[C@@H]1CCCN1C(=O)CNC12CC3CC(O)(CC(Cl)(C3)C1)C2. The van der Waals surface area contributed by atoms with Crippen LogP contribution in [0.25, 0.3) is 0 Å². The van der Waals surface area contributed by atoms with E-state index < -0.39 is 5.60 Å². The second-order valence-electron chi connectivity index (χ2n) is 8.39. The average Bonchev–Trinajstić information content (AvgIpc) is 2.89. The van der Waals surface area contributed by atoms with Gasteiger partial charge in [0.2, 0.25) is 5.91 Å². The largest absolute Gasteiger partial charge is 0.390 e. The summed E-state index contributed by atoms with van der Waals surface area (Å²) < 4.78 is 0. The third-order valence-electron chi connectivity index (χ3n) is 6.31. The number of nitriles is 1. The van der Waals surface area contributed by atoms with Gasteiger partial charge in [-0.3, -0.25) is 4.79 Å². The van der Waals surface area contributed by atoms with Crippen LogP contribution in [-0.4, -0.2) is 51.1 Å². The average molecular weight is 338 g/mol. The number of nitrogens with zero attached hydrogens (tertiary/aromatic N) is 2. The van der Waals surface area contributed by atoms with E-state index in [1.54, 1.807) is 4.90 Å². The highest BCUT2D eigenvalue weighted by atomic mass is 35.5. The first-order valence-electron chi connectivity index (χ1n) is 8.70. The van der Waals surface area contributed by atoms with Crippen LogP contribution in [0.3, 0.4) is 0 Å². The van der Waals surface area contributed by atoms with Crippen LogP contribution < -0.4 is 5.32 Å². The van der Waals surface area contributed by atoms with Gasteiger partial charge in [-0.15, -0.1) is 11.6 Å². The number of amides is 1. The number of likely N-dealkylation sites (tertiary alicyclic amines) is 1. The van der Waals surface area contributed by atoms with Gasteiger partial charge in [0.1, 0.15) is 6.04 Å². The number of hydrogen-bond donors (Lipinski definition) is 2. The fraction of sp³-hybridized carbons (Fsp3) is 0.882. The molecule has 2 N–H and O–H groups in total. The topological polar surface area (TPSA) is 76.4 Å². The number of rotatable bonds is 3. The number of hydrogen-bond acceptors (Lipinski definition) is 4. The molecule has 5 nitrogen and oxygen atoms in total. The maximum atomic E-state index is 12.5. The third-order valence-corrected chi connectivity index (χ3v) is 6.73. The van der Waals surface area contributed by atoms with Gasteiger partial charge in [0.15, 0.2) is 0 Å². The Kier molecular flexibility index (Phi) is 3.46. The summed E-state index contributed by atoms with van der Waals surface area (Å²) in [5.74, 6) is 0.454. The van der Waals surface area contributed by atoms with Crippen LogP contribution in [0.5, 0.6) is 0 Å². The molecular formula is C17H24ClN3O2. The number of alkyl halides is 1. The van der Waals surface area contributed by atoms with Crippen LogP contribution >= 0.6 is 11.6 Å². The van der Waals surface area contributed by atoms with Gasteiger partial charge in [0.25, 0.3) is 0 Å². The number of aliphatic hydroxyl groups is 1. The maximum absolute atomic E-state index is 12.5. The number of halogens is 1. The van der Waals surface area contributed by atoms with Gasteiger partial charge >= 0.3 is 0 Å². The highest BCUT2D eigenvalue weighted by Gasteiger charge is 2.62. The fourth-order valence-corrected chi connectivity index (χ4v) is 6.75. The van der Waals surface area contributed by atoms with Crippen molar-refractivity contribution in [2.24, 2.45) is 5.92 Å². The summed E-state index contributed by atoms with van der Waals surface area (Å²) in [6, 6.07) is 1.94. The predicted molar refractivity (Wildman–Crippen MR) is 85.8 cm³/mol. The van der Waals surface area contributed by atoms with Crippen LogP contribution in [0, 0.1) is 17.2 Å². The number of nitrogens with one attached hydrogen (secondary N) is 1. The molecular weight excluding hydrogens is 314 g/mol. The fourth-order valence-electron chi connectivity index (χ4n) is 6.03. The van der Waals surface area contributed by atoms with Gasteiger partial charge in [0, 0.05) is 17.0 Å². The summed E-state index contributed by atoms with van der Waals surface area (Å²) in [5, 5.41) is 23.4. The zero-order valence-electron chi connectivity index (χ0n) is 13.4. The van der Waals surface area contributed by atoms with Crippen molar-refractivity contribution in [1.82, 2.24) is 10.2 Å². The Hall–Kier alpha value is -0.830. The van der Waals surface area contributed by atoms with Crippen LogP contribution in [0.15, 0.2) is 0 Å². The molecule has 1 aliphatic heterocycles. The molecule has 0 aromatic heterocycles. The molecule has 5 aliphatic rings. The lowest BCUT2D eigenvalue weighted by Gasteiger charge is -2.63. The van der Waals surface area contributed by atoms with Crippen LogP contribution in [0.4, 0.5) is 0 Å². The lowest BCUT2D eigenvalue weighted by molar-refractivity contribution is -0.141. The molecule has 4 bridgehead atoms. The first kappa shape index (κ1) is 15.7. The second kappa shape index (κ2) is 5.08. The summed E-state index contributed by atoms with van der Waals surface area (Å²) in [6.45, 7) is 0.922. The summed E-state index contributed by atoms with van der Waals surface area (Å²) in [6.07, 6.45) is 6.71. The molecule has 5 rings (SSSR count). The van der Waals surface area contributed by atoms with Crippen molar-refractivity contribution in [3.63, 3.8) is 0 Å². The second-order valence-corrected chi connectivity index (χ2v) is 9.19. The first-order chi connectivity index (χ1) is 10.8. The molecule has 5 fully saturated rings. The maximum Gasteiger partial charge on any atom is 0.237 e. The minimum atomic E-state index is -0.667. The summed E-state index contributed by atoms with van der Waals surface area (Å²) in [5.41, 5.74) is -0.881. The van der Waals surface area contributed by atoms with E-state index in [0.29, 0.717) is 25.3 Å². The van der Waals surface area contributed by atoms with Crippen molar-refractivity contribution in [1.29, 1.82) is 5.26 Å². The Bertz CT molecular complexity index is 557. The van der Waals surface area contributed by atoms with Crippen LogP contribution in [0.2, 0.25) is 0 Å². The summed E-state index contributed by atoms with van der Waals surface area (Å²) >= 11 is 6.76. The van der Waals surface area contributed by atoms with Crippen molar-refractivity contribution in [2.75, 3.05) is 13.1 Å². The Morgan fingerprint density at radius 3 is 2.87 bits per heavy atom. The van der Waals surface area contributed by atoms with E-state index >= 15 is 0 Å². The Morgan fingerprint density at radius 2 is 2.17 bits per heavy atom. The molecule has 1 saturated heterocycles. The molecule has 0 aromatic carbocycles. The molecule has 23 heavy (non-hydrogen) atoms. The smallest absolute Gasteiger partial charge is 0.237 e. The molecule has 6 heteroatoms. The summed E-state index contributed by atoms with van der Waals surface area (Å²) in [4.78, 5) is 13.9. The zero-order chi connectivity index (χ0) is 16.3. The molecule has 0 spiro atoms. The zero-order valence-corrected chi connectivity index (χ0v) is 14.1. The van der Waals surface area contributed by atoms with Crippen molar-refractivity contribution in [3.8, 4) is 6.07 Å². The van der Waals surface area contributed by atoms with Crippen LogP contribution in [0.1, 0.15) is 51.4 Å². The van der Waals surface area contributed by atoms with Gasteiger partial charge in [0.05, 0.1) is 18.2 Å². The van der Waals surface area contributed by atoms with Gasteiger partial charge in [-0.05, 0) is 57.3 Å². The quantitative estimate of drug-likeness (QED) is 0.766. The van der Waals surface area contributed by atoms with Crippen molar-refractivity contribution >= 4 is 17.5 Å². The molecule has 4 aliphatic carbocycles. The minimum Gasteiger partial charge on any atom is -0.390 e. The highest BCUT2D eigenvalue weighted by Crippen LogP contribution is 2.61.